The van der Waals surface area contributed by atoms with Crippen molar-refractivity contribution in [2.24, 2.45) is 0 Å². The minimum Gasteiger partial charge on any atom is -0.422 e. The quantitative estimate of drug-likeness (QED) is 0.361. The smallest absolute Gasteiger partial charge is 0.349 e. The van der Waals surface area contributed by atoms with E-state index in [0.717, 1.165) is 18.9 Å². The maximum Gasteiger partial charge on any atom is 0.349 e. The number of ether oxygens (including phenoxy) is 1. The molecular weight excluding hydrogens is 318 g/mol. The van der Waals surface area contributed by atoms with Gasteiger partial charge in [-0.05, 0) is 24.3 Å². The fourth-order valence-corrected chi connectivity index (χ4v) is 3.05. The summed E-state index contributed by atoms with van der Waals surface area (Å²) >= 11 is 0. The number of hydrogen-bond acceptors (Lipinski definition) is 6. The molecule has 126 valence electrons. The number of ketones is 1. The summed E-state index contributed by atoms with van der Waals surface area (Å²) in [4.78, 5) is 33.3. The third kappa shape index (κ3) is 2.98. The summed E-state index contributed by atoms with van der Waals surface area (Å²) in [6, 6.07) is 12.6. The van der Waals surface area contributed by atoms with Crippen molar-refractivity contribution in [2.75, 3.05) is 31.1 Å². The van der Waals surface area contributed by atoms with Crippen molar-refractivity contribution in [3.8, 4) is 5.75 Å². The van der Waals surface area contributed by atoms with Crippen molar-refractivity contribution >= 4 is 17.6 Å². The van der Waals surface area contributed by atoms with Crippen molar-refractivity contribution in [3.63, 3.8) is 0 Å². The molecule has 0 atom stereocenters. The lowest BCUT2D eigenvalue weighted by Gasteiger charge is -2.35. The Morgan fingerprint density at radius 1 is 0.960 bits per heavy atom. The molecule has 6 heteroatoms. The SMILES string of the molecule is O=C1Oc2ccccc2C(=O)C1=CN1CCN(c2ccccn2)CC1. The van der Waals surface area contributed by atoms with Crippen LogP contribution in [0.3, 0.4) is 0 Å². The molecule has 2 aliphatic heterocycles. The molecule has 2 aliphatic rings. The van der Waals surface area contributed by atoms with E-state index in [-0.39, 0.29) is 11.4 Å². The number of anilines is 1. The summed E-state index contributed by atoms with van der Waals surface area (Å²) in [7, 11) is 0. The third-order valence-corrected chi connectivity index (χ3v) is 4.40. The van der Waals surface area contributed by atoms with Crippen molar-refractivity contribution in [2.45, 2.75) is 0 Å². The Labute approximate surface area is 145 Å². The molecule has 1 aromatic carbocycles. The van der Waals surface area contributed by atoms with Crippen LogP contribution in [-0.2, 0) is 4.79 Å². The Hall–Kier alpha value is -3.15. The number of fused-ring (bicyclic) bond motifs is 1. The molecule has 6 nitrogen and oxygen atoms in total. The molecule has 1 saturated heterocycles. The van der Waals surface area contributed by atoms with Gasteiger partial charge in [0.1, 0.15) is 17.1 Å². The van der Waals surface area contributed by atoms with E-state index in [4.69, 9.17) is 4.74 Å². The van der Waals surface area contributed by atoms with Gasteiger partial charge in [-0.15, -0.1) is 0 Å². The Morgan fingerprint density at radius 3 is 2.48 bits per heavy atom. The normalized spacial score (nSPS) is 19.0. The molecule has 0 N–H and O–H groups in total. The molecule has 4 rings (SSSR count). The standard InChI is InChI=1S/C19H17N3O3/c23-18-14-5-1-2-6-16(14)25-19(24)15(18)13-21-9-11-22(12-10-21)17-7-3-4-8-20-17/h1-8,13H,9-12H2. The Balaban J connectivity index is 1.49. The predicted molar refractivity (Wildman–Crippen MR) is 92.5 cm³/mol. The van der Waals surface area contributed by atoms with Crippen LogP contribution >= 0.6 is 0 Å². The van der Waals surface area contributed by atoms with Crippen molar-refractivity contribution in [1.82, 2.24) is 9.88 Å². The maximum atomic E-state index is 12.6. The van der Waals surface area contributed by atoms with Crippen LogP contribution < -0.4 is 9.64 Å². The van der Waals surface area contributed by atoms with Crippen molar-refractivity contribution < 1.29 is 14.3 Å². The number of hydrogen-bond donors (Lipinski definition) is 0. The second kappa shape index (κ2) is 6.39. The van der Waals surface area contributed by atoms with Gasteiger partial charge >= 0.3 is 5.97 Å². The fourth-order valence-electron chi connectivity index (χ4n) is 3.05. The molecule has 1 aromatic heterocycles. The number of esters is 1. The number of para-hydroxylation sites is 1. The minimum absolute atomic E-state index is 0.0880. The Kier molecular flexibility index (Phi) is 3.93. The Bertz CT molecular complexity index is 840. The highest BCUT2D eigenvalue weighted by atomic mass is 16.5. The zero-order valence-electron chi connectivity index (χ0n) is 13.6. The number of aromatic nitrogens is 1. The van der Waals surface area contributed by atoms with E-state index in [0.29, 0.717) is 24.4 Å². The maximum absolute atomic E-state index is 12.6. The van der Waals surface area contributed by atoms with E-state index in [2.05, 4.69) is 9.88 Å². The van der Waals surface area contributed by atoms with E-state index in [1.165, 1.54) is 0 Å². The van der Waals surface area contributed by atoms with Gasteiger partial charge in [0.25, 0.3) is 0 Å². The van der Waals surface area contributed by atoms with E-state index in [1.807, 2.05) is 23.1 Å². The second-order valence-electron chi connectivity index (χ2n) is 5.97. The van der Waals surface area contributed by atoms with Crippen LogP contribution in [0.15, 0.2) is 60.4 Å². The molecule has 0 spiro atoms. The molecule has 25 heavy (non-hydrogen) atoms. The number of carbonyl (C=O) groups excluding carboxylic acids is 2. The van der Waals surface area contributed by atoms with Crippen molar-refractivity contribution in [1.29, 1.82) is 0 Å². The lowest BCUT2D eigenvalue weighted by molar-refractivity contribution is -0.130. The molecule has 0 aliphatic carbocycles. The average molecular weight is 335 g/mol. The van der Waals surface area contributed by atoms with Gasteiger partial charge in [-0.1, -0.05) is 18.2 Å². The largest absolute Gasteiger partial charge is 0.422 e. The van der Waals surface area contributed by atoms with Gasteiger partial charge in [-0.2, -0.15) is 0 Å². The van der Waals surface area contributed by atoms with Crippen molar-refractivity contribution in [3.05, 3.63) is 66.0 Å². The van der Waals surface area contributed by atoms with Gasteiger partial charge in [0, 0.05) is 38.6 Å². The molecule has 2 aromatic rings. The first-order valence-electron chi connectivity index (χ1n) is 8.20. The average Bonchev–Trinajstić information content (AvgIpc) is 2.66. The van der Waals surface area contributed by atoms with Crippen LogP contribution in [0.1, 0.15) is 10.4 Å². The van der Waals surface area contributed by atoms with Gasteiger partial charge in [0.05, 0.1) is 5.56 Å². The lowest BCUT2D eigenvalue weighted by atomic mass is 10.0. The molecule has 0 unspecified atom stereocenters. The van der Waals surface area contributed by atoms with Crippen LogP contribution in [0, 0.1) is 0 Å². The number of piperazine rings is 1. The van der Waals surface area contributed by atoms with E-state index in [9.17, 15) is 9.59 Å². The van der Waals surface area contributed by atoms with E-state index >= 15 is 0 Å². The first-order chi connectivity index (χ1) is 12.2. The minimum atomic E-state index is -0.587. The molecular formula is C19H17N3O3. The molecule has 3 heterocycles. The predicted octanol–water partition coefficient (Wildman–Crippen LogP) is 1.89. The highest BCUT2D eigenvalue weighted by Gasteiger charge is 2.31. The number of carbonyl (C=O) groups is 2. The van der Waals surface area contributed by atoms with Crippen LogP contribution in [0.25, 0.3) is 0 Å². The number of benzene rings is 1. The van der Waals surface area contributed by atoms with Crippen LogP contribution in [0.2, 0.25) is 0 Å². The summed E-state index contributed by atoms with van der Waals surface area (Å²) in [6.07, 6.45) is 3.41. The molecule has 0 saturated carbocycles. The molecule has 0 bridgehead atoms. The first-order valence-corrected chi connectivity index (χ1v) is 8.20. The van der Waals surface area contributed by atoms with Crippen LogP contribution in [0.5, 0.6) is 5.75 Å². The van der Waals surface area contributed by atoms with Gasteiger partial charge in [0.15, 0.2) is 0 Å². The molecule has 1 fully saturated rings. The van der Waals surface area contributed by atoms with Crippen LogP contribution in [0.4, 0.5) is 5.82 Å². The van der Waals surface area contributed by atoms with Gasteiger partial charge in [-0.3, -0.25) is 4.79 Å². The monoisotopic (exact) mass is 335 g/mol. The summed E-state index contributed by atoms with van der Waals surface area (Å²) in [5, 5.41) is 0. The lowest BCUT2D eigenvalue weighted by Crippen LogP contribution is -2.45. The molecule has 0 amide bonds. The number of Topliss-reactive ketones (excluding diaryl/α,β-unsaturated/α-hetero) is 1. The van der Waals surface area contributed by atoms with Crippen LogP contribution in [-0.4, -0.2) is 47.8 Å². The van der Waals surface area contributed by atoms with E-state index in [1.54, 1.807) is 36.7 Å². The number of nitrogens with zero attached hydrogens (tertiary/aromatic N) is 3. The zero-order chi connectivity index (χ0) is 17.2. The Morgan fingerprint density at radius 2 is 1.72 bits per heavy atom. The number of rotatable bonds is 2. The zero-order valence-corrected chi connectivity index (χ0v) is 13.6. The van der Waals surface area contributed by atoms with Gasteiger partial charge in [0.2, 0.25) is 5.78 Å². The third-order valence-electron chi connectivity index (χ3n) is 4.40. The summed E-state index contributed by atoms with van der Waals surface area (Å²) in [6.45, 7) is 2.98. The second-order valence-corrected chi connectivity index (χ2v) is 5.97. The highest BCUT2D eigenvalue weighted by Crippen LogP contribution is 2.27. The van der Waals surface area contributed by atoms with Gasteiger partial charge < -0.3 is 14.5 Å². The first kappa shape index (κ1) is 15.4. The van der Waals surface area contributed by atoms with E-state index < -0.39 is 5.97 Å². The fraction of sp³-hybridized carbons (Fsp3) is 0.211. The summed E-state index contributed by atoms with van der Waals surface area (Å²) in [5.41, 5.74) is 0.519. The summed E-state index contributed by atoms with van der Waals surface area (Å²) in [5.74, 6) is 0.404. The topological polar surface area (TPSA) is 62.7 Å². The summed E-state index contributed by atoms with van der Waals surface area (Å²) < 4.78 is 5.27. The van der Waals surface area contributed by atoms with Gasteiger partial charge in [-0.25, -0.2) is 9.78 Å². The highest BCUT2D eigenvalue weighted by molar-refractivity contribution is 6.27. The molecule has 0 radical (unpaired) electrons. The number of pyridine rings is 1.